The minimum atomic E-state index is -0.360. The largest absolute Gasteiger partial charge is 0.439 e. The van der Waals surface area contributed by atoms with E-state index in [9.17, 15) is 9.18 Å². The van der Waals surface area contributed by atoms with Gasteiger partial charge in [0.2, 0.25) is 5.88 Å². The van der Waals surface area contributed by atoms with E-state index in [0.29, 0.717) is 36.2 Å². The Kier molecular flexibility index (Phi) is 8.14. The van der Waals surface area contributed by atoms with Crippen LogP contribution in [-0.2, 0) is 13.0 Å². The monoisotopic (exact) mass is 435 g/mol. The van der Waals surface area contributed by atoms with E-state index in [1.54, 1.807) is 44.6 Å². The Morgan fingerprint density at radius 2 is 1.91 bits per heavy atom. The molecular formula is C24H26FN5O2. The molecule has 32 heavy (non-hydrogen) atoms. The van der Waals surface area contributed by atoms with Crippen LogP contribution >= 0.6 is 0 Å². The van der Waals surface area contributed by atoms with Gasteiger partial charge in [0.1, 0.15) is 11.6 Å². The van der Waals surface area contributed by atoms with Gasteiger partial charge in [-0.1, -0.05) is 24.3 Å². The van der Waals surface area contributed by atoms with Crippen molar-refractivity contribution in [3.05, 3.63) is 89.4 Å². The third kappa shape index (κ3) is 6.80. The SMILES string of the molecule is CN=C(NCCc1cccc(C(=O)NC)c1)NCc1ccc(Oc2cccc(F)c2)nc1. The van der Waals surface area contributed by atoms with Crippen molar-refractivity contribution < 1.29 is 13.9 Å². The van der Waals surface area contributed by atoms with E-state index in [-0.39, 0.29) is 11.7 Å². The van der Waals surface area contributed by atoms with Crippen LogP contribution in [-0.4, -0.2) is 37.5 Å². The fraction of sp³-hybridized carbons (Fsp3) is 0.208. The number of ether oxygens (including phenoxy) is 1. The average molecular weight is 436 g/mol. The topological polar surface area (TPSA) is 87.6 Å². The molecule has 3 aromatic rings. The minimum Gasteiger partial charge on any atom is -0.439 e. The Balaban J connectivity index is 1.45. The Hall–Kier alpha value is -3.94. The number of hydrogen-bond acceptors (Lipinski definition) is 4. The normalized spacial score (nSPS) is 11.0. The van der Waals surface area contributed by atoms with Crippen LogP contribution in [0.2, 0.25) is 0 Å². The third-order valence-electron chi connectivity index (χ3n) is 4.62. The van der Waals surface area contributed by atoms with Gasteiger partial charge in [0.25, 0.3) is 5.91 Å². The number of aromatic nitrogens is 1. The van der Waals surface area contributed by atoms with Crippen LogP contribution in [0, 0.1) is 5.82 Å². The van der Waals surface area contributed by atoms with E-state index in [0.717, 1.165) is 17.5 Å². The van der Waals surface area contributed by atoms with Crippen LogP contribution in [0.25, 0.3) is 0 Å². The minimum absolute atomic E-state index is 0.0988. The van der Waals surface area contributed by atoms with Gasteiger partial charge in [-0.05, 0) is 41.8 Å². The van der Waals surface area contributed by atoms with Crippen LogP contribution in [0.3, 0.4) is 0 Å². The van der Waals surface area contributed by atoms with Gasteiger partial charge < -0.3 is 20.7 Å². The zero-order valence-corrected chi connectivity index (χ0v) is 18.1. The zero-order valence-electron chi connectivity index (χ0n) is 18.1. The number of nitrogens with one attached hydrogen (secondary N) is 3. The van der Waals surface area contributed by atoms with E-state index in [1.807, 2.05) is 24.3 Å². The molecule has 0 spiro atoms. The molecule has 1 heterocycles. The van der Waals surface area contributed by atoms with E-state index >= 15 is 0 Å². The molecule has 8 heteroatoms. The van der Waals surface area contributed by atoms with E-state index < -0.39 is 0 Å². The third-order valence-corrected chi connectivity index (χ3v) is 4.62. The summed E-state index contributed by atoms with van der Waals surface area (Å²) in [6.45, 7) is 1.19. The molecule has 0 fully saturated rings. The number of carbonyl (C=O) groups is 1. The van der Waals surface area contributed by atoms with Crippen molar-refractivity contribution in [3.63, 3.8) is 0 Å². The van der Waals surface area contributed by atoms with Crippen molar-refractivity contribution >= 4 is 11.9 Å². The number of aliphatic imine (C=N–C) groups is 1. The van der Waals surface area contributed by atoms with Crippen molar-refractivity contribution in [1.29, 1.82) is 0 Å². The van der Waals surface area contributed by atoms with Gasteiger partial charge >= 0.3 is 0 Å². The lowest BCUT2D eigenvalue weighted by Gasteiger charge is -2.12. The van der Waals surface area contributed by atoms with Crippen molar-refractivity contribution in [3.8, 4) is 11.6 Å². The van der Waals surface area contributed by atoms with Crippen molar-refractivity contribution in [2.45, 2.75) is 13.0 Å². The molecule has 0 atom stereocenters. The molecule has 0 bridgehead atoms. The van der Waals surface area contributed by atoms with Crippen LogP contribution in [0.15, 0.2) is 71.9 Å². The molecule has 0 aliphatic heterocycles. The molecule has 0 aliphatic rings. The highest BCUT2D eigenvalue weighted by atomic mass is 19.1. The molecule has 1 amide bonds. The maximum atomic E-state index is 13.3. The number of hydrogen-bond donors (Lipinski definition) is 3. The molecule has 0 saturated carbocycles. The first kappa shape index (κ1) is 22.7. The summed E-state index contributed by atoms with van der Waals surface area (Å²) in [5.41, 5.74) is 2.65. The Morgan fingerprint density at radius 1 is 1.06 bits per heavy atom. The Morgan fingerprint density at radius 3 is 2.62 bits per heavy atom. The first-order valence-electron chi connectivity index (χ1n) is 10.2. The van der Waals surface area contributed by atoms with Crippen molar-refractivity contribution in [1.82, 2.24) is 20.9 Å². The first-order valence-corrected chi connectivity index (χ1v) is 10.2. The summed E-state index contributed by atoms with van der Waals surface area (Å²) < 4.78 is 18.8. The Labute approximate surface area is 186 Å². The lowest BCUT2D eigenvalue weighted by Crippen LogP contribution is -2.37. The molecule has 3 rings (SSSR count). The summed E-state index contributed by atoms with van der Waals surface area (Å²) >= 11 is 0. The molecule has 3 N–H and O–H groups in total. The highest BCUT2D eigenvalue weighted by Crippen LogP contribution is 2.20. The molecule has 0 saturated heterocycles. The number of nitrogens with zero attached hydrogens (tertiary/aromatic N) is 2. The predicted molar refractivity (Wildman–Crippen MR) is 122 cm³/mol. The van der Waals surface area contributed by atoms with Crippen LogP contribution < -0.4 is 20.7 Å². The number of benzene rings is 2. The van der Waals surface area contributed by atoms with Gasteiger partial charge in [-0.25, -0.2) is 9.37 Å². The molecule has 0 unspecified atom stereocenters. The summed E-state index contributed by atoms with van der Waals surface area (Å²) in [5.74, 6) is 0.988. The molecule has 7 nitrogen and oxygen atoms in total. The zero-order chi connectivity index (χ0) is 22.8. The summed E-state index contributed by atoms with van der Waals surface area (Å²) in [7, 11) is 3.32. The van der Waals surface area contributed by atoms with Gasteiger partial charge in [0.05, 0.1) is 0 Å². The van der Waals surface area contributed by atoms with Gasteiger partial charge in [-0.2, -0.15) is 0 Å². The second-order valence-electron chi connectivity index (χ2n) is 6.95. The number of amides is 1. The summed E-state index contributed by atoms with van der Waals surface area (Å²) in [6, 6.07) is 17.1. The van der Waals surface area contributed by atoms with Crippen LogP contribution in [0.1, 0.15) is 21.5 Å². The van der Waals surface area contributed by atoms with Gasteiger partial charge in [-0.3, -0.25) is 9.79 Å². The van der Waals surface area contributed by atoms with Crippen LogP contribution in [0.5, 0.6) is 11.6 Å². The van der Waals surface area contributed by atoms with E-state index in [4.69, 9.17) is 4.74 Å². The summed E-state index contributed by atoms with van der Waals surface area (Å²) in [6.07, 6.45) is 2.44. The van der Waals surface area contributed by atoms with Crippen molar-refractivity contribution in [2.24, 2.45) is 4.99 Å². The lowest BCUT2D eigenvalue weighted by molar-refractivity contribution is 0.0963. The average Bonchev–Trinajstić information content (AvgIpc) is 2.82. The molecule has 0 radical (unpaired) electrons. The smallest absolute Gasteiger partial charge is 0.251 e. The second-order valence-corrected chi connectivity index (χ2v) is 6.95. The van der Waals surface area contributed by atoms with Gasteiger partial charge in [0.15, 0.2) is 5.96 Å². The van der Waals surface area contributed by atoms with Crippen molar-refractivity contribution in [2.75, 3.05) is 20.6 Å². The van der Waals surface area contributed by atoms with Gasteiger partial charge in [-0.15, -0.1) is 0 Å². The second kappa shape index (κ2) is 11.5. The molecule has 0 aliphatic carbocycles. The van der Waals surface area contributed by atoms with Gasteiger partial charge in [0, 0.05) is 51.1 Å². The predicted octanol–water partition coefficient (Wildman–Crippen LogP) is 3.28. The summed E-state index contributed by atoms with van der Waals surface area (Å²) in [4.78, 5) is 20.2. The maximum absolute atomic E-state index is 13.3. The van der Waals surface area contributed by atoms with E-state index in [2.05, 4.69) is 25.9 Å². The number of carbonyl (C=O) groups excluding carboxylic acids is 1. The highest BCUT2D eigenvalue weighted by Gasteiger charge is 2.05. The number of rotatable bonds is 8. The maximum Gasteiger partial charge on any atom is 0.251 e. The fourth-order valence-electron chi connectivity index (χ4n) is 2.97. The summed E-state index contributed by atoms with van der Waals surface area (Å²) in [5, 5.41) is 9.12. The Bertz CT molecular complexity index is 1070. The molecule has 2 aromatic carbocycles. The molecular weight excluding hydrogens is 409 g/mol. The lowest BCUT2D eigenvalue weighted by atomic mass is 10.1. The number of pyridine rings is 1. The standard InChI is InChI=1S/C24H26FN5O2/c1-26-23(31)19-6-3-5-17(13-19)11-12-28-24(27-2)30-16-18-9-10-22(29-15-18)32-21-8-4-7-20(25)14-21/h3-10,13-15H,11-12,16H2,1-2H3,(H,26,31)(H2,27,28,30). The van der Waals surface area contributed by atoms with Crippen LogP contribution in [0.4, 0.5) is 4.39 Å². The quantitative estimate of drug-likeness (QED) is 0.373. The first-order chi connectivity index (χ1) is 15.6. The fourth-order valence-corrected chi connectivity index (χ4v) is 2.97. The number of halogens is 1. The van der Waals surface area contributed by atoms with E-state index in [1.165, 1.54) is 12.1 Å². The number of guanidine groups is 1. The molecule has 1 aromatic heterocycles. The molecule has 166 valence electrons. The highest BCUT2D eigenvalue weighted by molar-refractivity contribution is 5.94.